The molecule has 17 heavy (non-hydrogen) atoms. The summed E-state index contributed by atoms with van der Waals surface area (Å²) in [7, 11) is 2.26. The van der Waals surface area contributed by atoms with Crippen LogP contribution in [0.25, 0.3) is 0 Å². The normalized spacial score (nSPS) is 11.3. The standard InChI is InChI=1S/C11H23NO4Si/c1-6-11(13)12(7-2)9-8-10-17(14-3,15-4)16-5/h6H,1,7-10H2,2-5H3. The van der Waals surface area contributed by atoms with Gasteiger partial charge in [-0.2, -0.15) is 0 Å². The van der Waals surface area contributed by atoms with E-state index in [-0.39, 0.29) is 5.91 Å². The average Bonchev–Trinajstić information content (AvgIpc) is 2.39. The Hall–Kier alpha value is -0.693. The van der Waals surface area contributed by atoms with Gasteiger partial charge in [-0.15, -0.1) is 0 Å². The molecule has 0 unspecified atom stereocenters. The van der Waals surface area contributed by atoms with Crippen molar-refractivity contribution in [1.29, 1.82) is 0 Å². The third-order valence-corrected chi connectivity index (χ3v) is 5.54. The summed E-state index contributed by atoms with van der Waals surface area (Å²) in [6.07, 6.45) is 2.12. The van der Waals surface area contributed by atoms with Crippen LogP contribution in [0, 0.1) is 0 Å². The second-order valence-electron chi connectivity index (χ2n) is 3.52. The lowest BCUT2D eigenvalue weighted by atomic mass is 10.4. The quantitative estimate of drug-likeness (QED) is 0.463. The van der Waals surface area contributed by atoms with Crippen molar-refractivity contribution in [1.82, 2.24) is 4.90 Å². The summed E-state index contributed by atoms with van der Waals surface area (Å²) >= 11 is 0. The van der Waals surface area contributed by atoms with Crippen LogP contribution in [0.5, 0.6) is 0 Å². The Bertz CT molecular complexity index is 235. The van der Waals surface area contributed by atoms with Crippen LogP contribution < -0.4 is 0 Å². The summed E-state index contributed by atoms with van der Waals surface area (Å²) in [5.74, 6) is -0.0491. The number of carbonyl (C=O) groups excluding carboxylic acids is 1. The fourth-order valence-electron chi connectivity index (χ4n) is 1.60. The first-order chi connectivity index (χ1) is 8.09. The third-order valence-electron chi connectivity index (χ3n) is 2.71. The zero-order valence-electron chi connectivity index (χ0n) is 11.2. The number of likely N-dealkylation sites (N-methyl/N-ethyl adjacent to an activating group) is 1. The molecule has 5 nitrogen and oxygen atoms in total. The van der Waals surface area contributed by atoms with Crippen LogP contribution in [-0.2, 0) is 18.1 Å². The van der Waals surface area contributed by atoms with Gasteiger partial charge in [-0.25, -0.2) is 0 Å². The highest BCUT2D eigenvalue weighted by molar-refractivity contribution is 6.60. The fraction of sp³-hybridized carbons (Fsp3) is 0.727. The third kappa shape index (κ3) is 4.99. The molecule has 6 heteroatoms. The van der Waals surface area contributed by atoms with Gasteiger partial charge in [0.2, 0.25) is 5.91 Å². The second-order valence-corrected chi connectivity index (χ2v) is 6.61. The maximum absolute atomic E-state index is 11.4. The molecule has 0 heterocycles. The van der Waals surface area contributed by atoms with Crippen molar-refractivity contribution < 1.29 is 18.1 Å². The molecular formula is C11H23NO4Si. The predicted octanol–water partition coefficient (Wildman–Crippen LogP) is 1.29. The van der Waals surface area contributed by atoms with Crippen molar-refractivity contribution in [2.24, 2.45) is 0 Å². The summed E-state index contributed by atoms with van der Waals surface area (Å²) in [5, 5.41) is 0. The van der Waals surface area contributed by atoms with Crippen LogP contribution in [0.4, 0.5) is 0 Å². The molecule has 0 atom stereocenters. The highest BCUT2D eigenvalue weighted by Gasteiger charge is 2.37. The predicted molar refractivity (Wildman–Crippen MR) is 68.7 cm³/mol. The minimum Gasteiger partial charge on any atom is -0.377 e. The molecule has 0 saturated heterocycles. The van der Waals surface area contributed by atoms with Crippen molar-refractivity contribution in [3.05, 3.63) is 12.7 Å². The summed E-state index contributed by atoms with van der Waals surface area (Å²) < 4.78 is 15.9. The van der Waals surface area contributed by atoms with Crippen molar-refractivity contribution in [2.75, 3.05) is 34.4 Å². The smallest absolute Gasteiger partial charge is 0.377 e. The molecule has 0 aliphatic rings. The van der Waals surface area contributed by atoms with E-state index in [2.05, 4.69) is 6.58 Å². The Morgan fingerprint density at radius 1 is 1.29 bits per heavy atom. The van der Waals surface area contributed by atoms with Crippen LogP contribution >= 0.6 is 0 Å². The fourth-order valence-corrected chi connectivity index (χ4v) is 3.30. The van der Waals surface area contributed by atoms with Crippen LogP contribution in [-0.4, -0.2) is 54.0 Å². The summed E-state index contributed by atoms with van der Waals surface area (Å²) in [6.45, 7) is 6.75. The van der Waals surface area contributed by atoms with E-state index in [1.807, 2.05) is 6.92 Å². The first-order valence-corrected chi connectivity index (χ1v) is 7.59. The molecule has 0 saturated carbocycles. The lowest BCUT2D eigenvalue weighted by molar-refractivity contribution is -0.125. The molecule has 0 bridgehead atoms. The molecule has 0 fully saturated rings. The Morgan fingerprint density at radius 2 is 1.82 bits per heavy atom. The summed E-state index contributed by atoms with van der Waals surface area (Å²) in [6, 6.07) is 0.692. The average molecular weight is 261 g/mol. The van der Waals surface area contributed by atoms with E-state index in [0.29, 0.717) is 19.1 Å². The molecule has 0 aromatic rings. The van der Waals surface area contributed by atoms with E-state index in [9.17, 15) is 4.79 Å². The molecule has 0 rings (SSSR count). The van der Waals surface area contributed by atoms with Crippen LogP contribution in [0.15, 0.2) is 12.7 Å². The van der Waals surface area contributed by atoms with Crippen LogP contribution in [0.1, 0.15) is 13.3 Å². The monoisotopic (exact) mass is 261 g/mol. The Balaban J connectivity index is 4.19. The first kappa shape index (κ1) is 16.3. The molecule has 0 spiro atoms. The maximum atomic E-state index is 11.4. The number of hydrogen-bond donors (Lipinski definition) is 0. The number of nitrogens with zero attached hydrogens (tertiary/aromatic N) is 1. The van der Waals surface area contributed by atoms with Gasteiger partial charge in [-0.05, 0) is 19.4 Å². The first-order valence-electron chi connectivity index (χ1n) is 5.65. The largest absolute Gasteiger partial charge is 0.500 e. The van der Waals surface area contributed by atoms with Gasteiger partial charge in [0.25, 0.3) is 0 Å². The maximum Gasteiger partial charge on any atom is 0.500 e. The van der Waals surface area contributed by atoms with Gasteiger partial charge >= 0.3 is 8.80 Å². The number of amides is 1. The lowest BCUT2D eigenvalue weighted by Gasteiger charge is -2.26. The van der Waals surface area contributed by atoms with Crippen molar-refractivity contribution in [3.8, 4) is 0 Å². The summed E-state index contributed by atoms with van der Waals surface area (Å²) in [4.78, 5) is 13.2. The zero-order chi connectivity index (χ0) is 13.3. The van der Waals surface area contributed by atoms with Crippen molar-refractivity contribution >= 4 is 14.7 Å². The highest BCUT2D eigenvalue weighted by atomic mass is 28.4. The SMILES string of the molecule is C=CC(=O)N(CC)CCC[Si](OC)(OC)OC. The van der Waals surface area contributed by atoms with Gasteiger partial charge in [0, 0.05) is 40.5 Å². The van der Waals surface area contributed by atoms with Gasteiger partial charge in [0.05, 0.1) is 0 Å². The van der Waals surface area contributed by atoms with E-state index in [1.165, 1.54) is 6.08 Å². The minimum atomic E-state index is -2.51. The highest BCUT2D eigenvalue weighted by Crippen LogP contribution is 2.15. The van der Waals surface area contributed by atoms with Gasteiger partial charge in [-0.1, -0.05) is 6.58 Å². The molecule has 0 aromatic heterocycles. The second kappa shape index (κ2) is 8.41. The molecule has 1 amide bonds. The van der Waals surface area contributed by atoms with Gasteiger partial charge in [0.15, 0.2) is 0 Å². The molecule has 0 N–H and O–H groups in total. The number of rotatable bonds is 9. The number of carbonyl (C=O) groups is 1. The molecule has 0 aromatic carbocycles. The molecule has 0 radical (unpaired) electrons. The van der Waals surface area contributed by atoms with Crippen molar-refractivity contribution in [3.63, 3.8) is 0 Å². The molecular weight excluding hydrogens is 238 g/mol. The van der Waals surface area contributed by atoms with Gasteiger partial charge < -0.3 is 18.2 Å². The molecule has 0 aliphatic heterocycles. The Morgan fingerprint density at radius 3 is 2.18 bits per heavy atom. The van der Waals surface area contributed by atoms with Gasteiger partial charge in [-0.3, -0.25) is 4.79 Å². The zero-order valence-corrected chi connectivity index (χ0v) is 12.2. The van der Waals surface area contributed by atoms with E-state index in [1.54, 1.807) is 26.2 Å². The van der Waals surface area contributed by atoms with Gasteiger partial charge in [0.1, 0.15) is 0 Å². The molecule has 100 valence electrons. The van der Waals surface area contributed by atoms with E-state index < -0.39 is 8.80 Å². The Labute approximate surface area is 105 Å². The van der Waals surface area contributed by atoms with E-state index >= 15 is 0 Å². The van der Waals surface area contributed by atoms with Crippen LogP contribution in [0.3, 0.4) is 0 Å². The van der Waals surface area contributed by atoms with E-state index in [0.717, 1.165) is 6.42 Å². The Kier molecular flexibility index (Phi) is 8.06. The van der Waals surface area contributed by atoms with E-state index in [4.69, 9.17) is 13.3 Å². The van der Waals surface area contributed by atoms with Crippen molar-refractivity contribution in [2.45, 2.75) is 19.4 Å². The number of hydrogen-bond acceptors (Lipinski definition) is 4. The topological polar surface area (TPSA) is 48.0 Å². The lowest BCUT2D eigenvalue weighted by Crippen LogP contribution is -2.43. The van der Waals surface area contributed by atoms with Crippen LogP contribution in [0.2, 0.25) is 6.04 Å². The summed E-state index contributed by atoms with van der Waals surface area (Å²) in [5.41, 5.74) is 0. The molecule has 0 aliphatic carbocycles. The minimum absolute atomic E-state index is 0.0491.